The van der Waals surface area contributed by atoms with E-state index in [0.717, 1.165) is 25.2 Å². The summed E-state index contributed by atoms with van der Waals surface area (Å²) in [6.07, 6.45) is 3.93. The Hall–Kier alpha value is -1.37. The molecule has 1 aromatic rings. The van der Waals surface area contributed by atoms with E-state index in [1.54, 1.807) is 0 Å². The third-order valence-electron chi connectivity index (χ3n) is 3.22. The van der Waals surface area contributed by atoms with E-state index in [-0.39, 0.29) is 0 Å². The van der Waals surface area contributed by atoms with Crippen LogP contribution in [0.25, 0.3) is 0 Å². The summed E-state index contributed by atoms with van der Waals surface area (Å²) in [5.74, 6) is 0. The van der Waals surface area contributed by atoms with Gasteiger partial charge in [-0.3, -0.25) is 0 Å². The fourth-order valence-corrected chi connectivity index (χ4v) is 2.19. The Morgan fingerprint density at radius 1 is 1.29 bits per heavy atom. The summed E-state index contributed by atoms with van der Waals surface area (Å²) in [6.45, 7) is 3.06. The highest BCUT2D eigenvalue weighted by molar-refractivity contribution is 5.31. The topological polar surface area (TPSA) is 47.9 Å². The summed E-state index contributed by atoms with van der Waals surface area (Å²) in [4.78, 5) is 0. The minimum Gasteiger partial charge on any atom is -0.313 e. The van der Waals surface area contributed by atoms with E-state index >= 15 is 0 Å². The first-order chi connectivity index (χ1) is 8.38. The quantitative estimate of drug-likeness (QED) is 0.827. The smallest absolute Gasteiger partial charge is 0.0991 e. The molecule has 1 fully saturated rings. The van der Waals surface area contributed by atoms with Crippen LogP contribution < -0.4 is 10.6 Å². The van der Waals surface area contributed by atoms with Crippen molar-refractivity contribution in [2.24, 2.45) is 0 Å². The van der Waals surface area contributed by atoms with Crippen molar-refractivity contribution in [1.29, 1.82) is 5.26 Å². The highest BCUT2D eigenvalue weighted by Gasteiger charge is 2.11. The molecule has 0 amide bonds. The molecule has 1 aliphatic heterocycles. The van der Waals surface area contributed by atoms with Gasteiger partial charge in [0, 0.05) is 19.1 Å². The Morgan fingerprint density at radius 2 is 2.12 bits per heavy atom. The van der Waals surface area contributed by atoms with Gasteiger partial charge < -0.3 is 10.6 Å². The van der Waals surface area contributed by atoms with Gasteiger partial charge in [-0.1, -0.05) is 18.6 Å². The third kappa shape index (κ3) is 3.85. The molecule has 0 aromatic heterocycles. The van der Waals surface area contributed by atoms with Crippen LogP contribution in [0.4, 0.5) is 0 Å². The lowest BCUT2D eigenvalue weighted by atomic mass is 10.1. The summed E-state index contributed by atoms with van der Waals surface area (Å²) in [6, 6.07) is 10.5. The van der Waals surface area contributed by atoms with E-state index in [2.05, 4.69) is 16.7 Å². The van der Waals surface area contributed by atoms with Gasteiger partial charge in [-0.05, 0) is 37.1 Å². The Kier molecular flexibility index (Phi) is 4.54. The largest absolute Gasteiger partial charge is 0.313 e. The molecule has 1 heterocycles. The molecule has 0 radical (unpaired) electrons. The highest BCUT2D eigenvalue weighted by atomic mass is 15.0. The molecule has 1 atom stereocenters. The molecule has 0 saturated carbocycles. The second-order valence-electron chi connectivity index (χ2n) is 4.59. The molecule has 0 bridgehead atoms. The molecule has 1 aromatic carbocycles. The Bertz CT molecular complexity index is 371. The van der Waals surface area contributed by atoms with Crippen molar-refractivity contribution in [2.45, 2.75) is 31.8 Å². The van der Waals surface area contributed by atoms with Gasteiger partial charge in [0.25, 0.3) is 0 Å². The second kappa shape index (κ2) is 6.39. The minimum absolute atomic E-state index is 0.627. The first kappa shape index (κ1) is 12.1. The van der Waals surface area contributed by atoms with Crippen molar-refractivity contribution >= 4 is 0 Å². The van der Waals surface area contributed by atoms with Crippen molar-refractivity contribution in [3.8, 4) is 6.07 Å². The highest BCUT2D eigenvalue weighted by Crippen LogP contribution is 2.06. The van der Waals surface area contributed by atoms with Crippen molar-refractivity contribution in [2.75, 3.05) is 13.1 Å². The average molecular weight is 229 g/mol. The van der Waals surface area contributed by atoms with Crippen molar-refractivity contribution < 1.29 is 0 Å². The van der Waals surface area contributed by atoms with Crippen LogP contribution in [-0.4, -0.2) is 19.1 Å². The van der Waals surface area contributed by atoms with E-state index < -0.39 is 0 Å². The third-order valence-corrected chi connectivity index (χ3v) is 3.22. The lowest BCUT2D eigenvalue weighted by Gasteiger charge is -2.23. The molecule has 3 nitrogen and oxygen atoms in total. The van der Waals surface area contributed by atoms with Gasteiger partial charge in [0.2, 0.25) is 0 Å². The van der Waals surface area contributed by atoms with Crippen LogP contribution in [0.15, 0.2) is 24.3 Å². The van der Waals surface area contributed by atoms with E-state index in [0.29, 0.717) is 6.04 Å². The fraction of sp³-hybridized carbons (Fsp3) is 0.500. The molecule has 0 spiro atoms. The molecule has 90 valence electrons. The van der Waals surface area contributed by atoms with Crippen LogP contribution in [0.3, 0.4) is 0 Å². The molecule has 1 saturated heterocycles. The maximum atomic E-state index is 8.70. The zero-order valence-corrected chi connectivity index (χ0v) is 10.1. The van der Waals surface area contributed by atoms with Gasteiger partial charge in [0.1, 0.15) is 0 Å². The molecule has 0 unspecified atom stereocenters. The van der Waals surface area contributed by atoms with Gasteiger partial charge in [0.15, 0.2) is 0 Å². The normalized spacial score (nSPS) is 19.8. The fourth-order valence-electron chi connectivity index (χ4n) is 2.19. The van der Waals surface area contributed by atoms with Crippen LogP contribution in [0.2, 0.25) is 0 Å². The Labute approximate surface area is 103 Å². The lowest BCUT2D eigenvalue weighted by molar-refractivity contribution is 0.383. The van der Waals surface area contributed by atoms with Crippen LogP contribution >= 0.6 is 0 Å². The molecule has 17 heavy (non-hydrogen) atoms. The van der Waals surface area contributed by atoms with Crippen LogP contribution in [-0.2, 0) is 6.54 Å². The van der Waals surface area contributed by atoms with Crippen molar-refractivity contribution in [1.82, 2.24) is 10.6 Å². The summed E-state index contributed by atoms with van der Waals surface area (Å²) >= 11 is 0. The van der Waals surface area contributed by atoms with Gasteiger partial charge in [0.05, 0.1) is 11.6 Å². The zero-order chi connectivity index (χ0) is 11.9. The van der Waals surface area contributed by atoms with Crippen LogP contribution in [0.1, 0.15) is 30.4 Å². The minimum atomic E-state index is 0.627. The maximum Gasteiger partial charge on any atom is 0.0991 e. The standard InChI is InChI=1S/C14H19N3/c15-9-12-4-6-13(7-5-12)10-16-11-14-3-1-2-8-17-14/h4-7,14,16-17H,1-3,8,10-11H2/t14-/m1/s1. The number of nitriles is 1. The predicted molar refractivity (Wildman–Crippen MR) is 68.5 cm³/mol. The van der Waals surface area contributed by atoms with Crippen LogP contribution in [0, 0.1) is 11.3 Å². The average Bonchev–Trinajstić information content (AvgIpc) is 2.41. The predicted octanol–water partition coefficient (Wildman–Crippen LogP) is 1.79. The molecule has 2 rings (SSSR count). The summed E-state index contributed by atoms with van der Waals surface area (Å²) in [5, 5.41) is 15.7. The summed E-state index contributed by atoms with van der Waals surface area (Å²) in [7, 11) is 0. The van der Waals surface area contributed by atoms with E-state index in [1.165, 1.54) is 24.8 Å². The van der Waals surface area contributed by atoms with E-state index in [9.17, 15) is 0 Å². The molecular formula is C14H19N3. The molecule has 3 heteroatoms. The van der Waals surface area contributed by atoms with Gasteiger partial charge in [-0.25, -0.2) is 0 Å². The Morgan fingerprint density at radius 3 is 2.76 bits per heavy atom. The number of benzene rings is 1. The van der Waals surface area contributed by atoms with Crippen molar-refractivity contribution in [3.05, 3.63) is 35.4 Å². The molecule has 1 aliphatic rings. The summed E-state index contributed by atoms with van der Waals surface area (Å²) < 4.78 is 0. The second-order valence-corrected chi connectivity index (χ2v) is 4.59. The maximum absolute atomic E-state index is 8.70. The first-order valence-corrected chi connectivity index (χ1v) is 6.31. The monoisotopic (exact) mass is 229 g/mol. The number of rotatable bonds is 4. The lowest BCUT2D eigenvalue weighted by Crippen LogP contribution is -2.41. The number of piperidine rings is 1. The van der Waals surface area contributed by atoms with Crippen LogP contribution in [0.5, 0.6) is 0 Å². The zero-order valence-electron chi connectivity index (χ0n) is 10.1. The van der Waals surface area contributed by atoms with Gasteiger partial charge in [-0.15, -0.1) is 0 Å². The van der Waals surface area contributed by atoms with Gasteiger partial charge >= 0.3 is 0 Å². The molecular weight excluding hydrogens is 210 g/mol. The number of nitrogens with one attached hydrogen (secondary N) is 2. The summed E-state index contributed by atoms with van der Waals surface area (Å²) in [5.41, 5.74) is 1.96. The molecule has 2 N–H and O–H groups in total. The van der Waals surface area contributed by atoms with Gasteiger partial charge in [-0.2, -0.15) is 5.26 Å². The Balaban J connectivity index is 1.72. The number of nitrogens with zero attached hydrogens (tertiary/aromatic N) is 1. The number of hydrogen-bond donors (Lipinski definition) is 2. The van der Waals surface area contributed by atoms with E-state index in [1.807, 2.05) is 24.3 Å². The number of hydrogen-bond acceptors (Lipinski definition) is 3. The molecule has 0 aliphatic carbocycles. The van der Waals surface area contributed by atoms with Crippen molar-refractivity contribution in [3.63, 3.8) is 0 Å². The first-order valence-electron chi connectivity index (χ1n) is 6.31. The van der Waals surface area contributed by atoms with E-state index in [4.69, 9.17) is 5.26 Å². The SMILES string of the molecule is N#Cc1ccc(CNC[C@H]2CCCCN2)cc1.